The molecule has 5 nitrogen and oxygen atoms in total. The third-order valence-corrected chi connectivity index (χ3v) is 3.69. The molecule has 0 bridgehead atoms. The minimum Gasteiger partial charge on any atom is -0.435 e. The molecule has 134 valence electrons. The van der Waals surface area contributed by atoms with Gasteiger partial charge < -0.3 is 10.1 Å². The molecule has 3 rings (SSSR count). The summed E-state index contributed by atoms with van der Waals surface area (Å²) in [5.74, 6) is 0.0307. The number of alkyl halides is 2. The van der Waals surface area contributed by atoms with E-state index in [9.17, 15) is 13.6 Å². The number of nitrogens with zero attached hydrogens (tertiary/aromatic N) is 2. The molecule has 1 heterocycles. The highest BCUT2D eigenvalue weighted by Crippen LogP contribution is 2.16. The lowest BCUT2D eigenvalue weighted by Crippen LogP contribution is -2.13. The van der Waals surface area contributed by atoms with Gasteiger partial charge in [-0.25, -0.2) is 0 Å². The number of hydrogen-bond donors (Lipinski definition) is 1. The maximum atomic E-state index is 12.2. The van der Waals surface area contributed by atoms with Gasteiger partial charge in [-0.1, -0.05) is 29.8 Å². The molecule has 1 aromatic heterocycles. The minimum absolute atomic E-state index is 0.000995. The Balaban J connectivity index is 1.61. The first-order valence-corrected chi connectivity index (χ1v) is 7.95. The van der Waals surface area contributed by atoms with Crippen LogP contribution < -0.4 is 10.1 Å². The Labute approximate surface area is 149 Å². The minimum atomic E-state index is -2.90. The summed E-state index contributed by atoms with van der Waals surface area (Å²) >= 11 is 0. The molecule has 3 aromatic rings. The fourth-order valence-electron chi connectivity index (χ4n) is 2.37. The van der Waals surface area contributed by atoms with Crippen molar-refractivity contribution in [2.24, 2.45) is 0 Å². The van der Waals surface area contributed by atoms with Crippen LogP contribution in [0.15, 0.2) is 60.8 Å². The van der Waals surface area contributed by atoms with Crippen LogP contribution >= 0.6 is 0 Å². The Hall–Kier alpha value is -3.22. The first-order valence-electron chi connectivity index (χ1n) is 7.95. The summed E-state index contributed by atoms with van der Waals surface area (Å²) < 4.78 is 30.2. The van der Waals surface area contributed by atoms with Crippen LogP contribution in [0.5, 0.6) is 5.75 Å². The molecule has 0 aliphatic rings. The zero-order chi connectivity index (χ0) is 18.5. The molecule has 26 heavy (non-hydrogen) atoms. The van der Waals surface area contributed by atoms with Crippen molar-refractivity contribution in [3.8, 4) is 5.75 Å². The van der Waals surface area contributed by atoms with Crippen molar-refractivity contribution in [2.45, 2.75) is 20.1 Å². The Morgan fingerprint density at radius 1 is 1.12 bits per heavy atom. The van der Waals surface area contributed by atoms with E-state index < -0.39 is 6.61 Å². The standard InChI is InChI=1S/C19H17F2N3O2/c1-13-2-4-14(5-3-13)12-24-11-10-17(23-24)22-18(25)15-6-8-16(9-7-15)26-19(20)21/h2-11,19H,12H2,1H3,(H,22,23,25). The van der Waals surface area contributed by atoms with Crippen LogP contribution in [-0.4, -0.2) is 22.3 Å². The Morgan fingerprint density at radius 2 is 1.81 bits per heavy atom. The number of rotatable bonds is 6. The molecule has 1 N–H and O–H groups in total. The van der Waals surface area contributed by atoms with Crippen LogP contribution in [-0.2, 0) is 6.54 Å². The lowest BCUT2D eigenvalue weighted by Gasteiger charge is -2.06. The third kappa shape index (κ3) is 4.66. The summed E-state index contributed by atoms with van der Waals surface area (Å²) in [4.78, 5) is 12.2. The Kier molecular flexibility index (Phi) is 5.26. The molecule has 0 aliphatic carbocycles. The second kappa shape index (κ2) is 7.77. The number of carbonyl (C=O) groups is 1. The highest BCUT2D eigenvalue weighted by atomic mass is 19.3. The van der Waals surface area contributed by atoms with E-state index in [2.05, 4.69) is 15.2 Å². The lowest BCUT2D eigenvalue weighted by atomic mass is 10.1. The fourth-order valence-corrected chi connectivity index (χ4v) is 2.37. The molecule has 0 unspecified atom stereocenters. The van der Waals surface area contributed by atoms with Crippen molar-refractivity contribution >= 4 is 11.7 Å². The van der Waals surface area contributed by atoms with Crippen molar-refractivity contribution in [3.05, 3.63) is 77.5 Å². The van der Waals surface area contributed by atoms with E-state index in [4.69, 9.17) is 0 Å². The SMILES string of the molecule is Cc1ccc(Cn2ccc(NC(=O)c3ccc(OC(F)F)cc3)n2)cc1. The summed E-state index contributed by atoms with van der Waals surface area (Å²) in [6, 6.07) is 15.3. The summed E-state index contributed by atoms with van der Waals surface area (Å²) in [6.45, 7) is -0.278. The number of aryl methyl sites for hydroxylation is 1. The first-order chi connectivity index (χ1) is 12.5. The van der Waals surface area contributed by atoms with Crippen molar-refractivity contribution in [1.29, 1.82) is 0 Å². The zero-order valence-corrected chi connectivity index (χ0v) is 14.0. The van der Waals surface area contributed by atoms with Gasteiger partial charge in [-0.2, -0.15) is 13.9 Å². The van der Waals surface area contributed by atoms with Gasteiger partial charge in [0.15, 0.2) is 5.82 Å². The van der Waals surface area contributed by atoms with Gasteiger partial charge in [-0.3, -0.25) is 9.48 Å². The average molecular weight is 357 g/mol. The van der Waals surface area contributed by atoms with E-state index >= 15 is 0 Å². The molecule has 0 atom stereocenters. The number of anilines is 1. The summed E-state index contributed by atoms with van der Waals surface area (Å²) in [5, 5.41) is 6.99. The molecule has 7 heteroatoms. The molecule has 0 saturated carbocycles. The smallest absolute Gasteiger partial charge is 0.387 e. The highest BCUT2D eigenvalue weighted by Gasteiger charge is 2.10. The van der Waals surface area contributed by atoms with Crippen molar-refractivity contribution in [2.75, 3.05) is 5.32 Å². The van der Waals surface area contributed by atoms with Gasteiger partial charge in [0, 0.05) is 17.8 Å². The lowest BCUT2D eigenvalue weighted by molar-refractivity contribution is -0.0498. The Morgan fingerprint density at radius 3 is 2.46 bits per heavy atom. The zero-order valence-electron chi connectivity index (χ0n) is 14.0. The number of hydrogen-bond acceptors (Lipinski definition) is 3. The van der Waals surface area contributed by atoms with Crippen molar-refractivity contribution < 1.29 is 18.3 Å². The number of aromatic nitrogens is 2. The number of amides is 1. The molecular formula is C19H17F2N3O2. The van der Waals surface area contributed by atoms with E-state index in [-0.39, 0.29) is 11.7 Å². The van der Waals surface area contributed by atoms with E-state index in [0.29, 0.717) is 17.9 Å². The number of benzene rings is 2. The van der Waals surface area contributed by atoms with Gasteiger partial charge in [-0.05, 0) is 36.8 Å². The van der Waals surface area contributed by atoms with Gasteiger partial charge in [0.25, 0.3) is 5.91 Å². The molecule has 0 aliphatic heterocycles. The number of halogens is 2. The maximum Gasteiger partial charge on any atom is 0.387 e. The topological polar surface area (TPSA) is 56.2 Å². The number of carbonyl (C=O) groups excluding carboxylic acids is 1. The van der Waals surface area contributed by atoms with Crippen molar-refractivity contribution in [1.82, 2.24) is 9.78 Å². The third-order valence-electron chi connectivity index (χ3n) is 3.69. The molecule has 1 amide bonds. The predicted molar refractivity (Wildman–Crippen MR) is 93.5 cm³/mol. The molecule has 0 fully saturated rings. The van der Waals surface area contributed by atoms with E-state index in [1.807, 2.05) is 31.2 Å². The monoisotopic (exact) mass is 357 g/mol. The van der Waals surface area contributed by atoms with Crippen LogP contribution in [0.4, 0.5) is 14.6 Å². The largest absolute Gasteiger partial charge is 0.435 e. The number of nitrogens with one attached hydrogen (secondary N) is 1. The van der Waals surface area contributed by atoms with Gasteiger partial charge in [0.05, 0.1) is 6.54 Å². The van der Waals surface area contributed by atoms with Crippen molar-refractivity contribution in [3.63, 3.8) is 0 Å². The van der Waals surface area contributed by atoms with Crippen LogP contribution in [0, 0.1) is 6.92 Å². The normalized spacial score (nSPS) is 10.8. The summed E-state index contributed by atoms with van der Waals surface area (Å²) in [6.07, 6.45) is 1.77. The van der Waals surface area contributed by atoms with E-state index in [1.54, 1.807) is 16.9 Å². The molecule has 0 radical (unpaired) electrons. The van der Waals surface area contributed by atoms with Crippen LogP contribution in [0.2, 0.25) is 0 Å². The fraction of sp³-hybridized carbons (Fsp3) is 0.158. The van der Waals surface area contributed by atoms with Crippen LogP contribution in [0.3, 0.4) is 0 Å². The van der Waals surface area contributed by atoms with E-state index in [0.717, 1.165) is 5.56 Å². The van der Waals surface area contributed by atoms with Gasteiger partial charge >= 0.3 is 6.61 Å². The molecule has 2 aromatic carbocycles. The number of ether oxygens (including phenoxy) is 1. The highest BCUT2D eigenvalue weighted by molar-refractivity contribution is 6.03. The summed E-state index contributed by atoms with van der Waals surface area (Å²) in [7, 11) is 0. The maximum absolute atomic E-state index is 12.2. The average Bonchev–Trinajstić information content (AvgIpc) is 3.04. The molecular weight excluding hydrogens is 340 g/mol. The van der Waals surface area contributed by atoms with Gasteiger partial charge in [-0.15, -0.1) is 0 Å². The molecule has 0 saturated heterocycles. The van der Waals surface area contributed by atoms with Gasteiger partial charge in [0.1, 0.15) is 5.75 Å². The van der Waals surface area contributed by atoms with Crippen LogP contribution in [0.25, 0.3) is 0 Å². The molecule has 0 spiro atoms. The summed E-state index contributed by atoms with van der Waals surface area (Å²) in [5.41, 5.74) is 2.61. The quantitative estimate of drug-likeness (QED) is 0.723. The first kappa shape index (κ1) is 17.6. The van der Waals surface area contributed by atoms with Gasteiger partial charge in [0.2, 0.25) is 0 Å². The second-order valence-electron chi connectivity index (χ2n) is 5.74. The predicted octanol–water partition coefficient (Wildman–Crippen LogP) is 4.09. The Bertz CT molecular complexity index is 875. The van der Waals surface area contributed by atoms with E-state index in [1.165, 1.54) is 29.8 Å². The second-order valence-corrected chi connectivity index (χ2v) is 5.74. The van der Waals surface area contributed by atoms with Crippen LogP contribution in [0.1, 0.15) is 21.5 Å².